The van der Waals surface area contributed by atoms with Gasteiger partial charge >= 0.3 is 0 Å². The average molecular weight is 270 g/mol. The Morgan fingerprint density at radius 1 is 1.21 bits per heavy atom. The van der Waals surface area contributed by atoms with E-state index in [9.17, 15) is 13.2 Å². The van der Waals surface area contributed by atoms with Crippen LogP contribution in [0.25, 0.3) is 11.3 Å². The number of hydrogen-bond donors (Lipinski definition) is 1. The van der Waals surface area contributed by atoms with Gasteiger partial charge in [-0.1, -0.05) is 5.21 Å². The van der Waals surface area contributed by atoms with Crippen molar-refractivity contribution in [2.24, 2.45) is 5.73 Å². The second-order valence-corrected chi connectivity index (χ2v) is 4.35. The zero-order chi connectivity index (χ0) is 14.2. The highest BCUT2D eigenvalue weighted by molar-refractivity contribution is 5.63. The van der Waals surface area contributed by atoms with Crippen molar-refractivity contribution in [3.63, 3.8) is 0 Å². The van der Waals surface area contributed by atoms with Gasteiger partial charge in [-0.2, -0.15) is 0 Å². The van der Waals surface area contributed by atoms with Crippen molar-refractivity contribution in [2.45, 2.75) is 26.4 Å². The number of nitrogens with zero attached hydrogens (tertiary/aromatic N) is 3. The number of hydrogen-bond acceptors (Lipinski definition) is 3. The first-order valence-electron chi connectivity index (χ1n) is 5.75. The summed E-state index contributed by atoms with van der Waals surface area (Å²) in [5, 5.41) is 7.69. The molecule has 0 unspecified atom stereocenters. The van der Waals surface area contributed by atoms with E-state index in [-0.39, 0.29) is 23.8 Å². The normalized spacial score (nSPS) is 11.3. The molecule has 7 heteroatoms. The molecule has 0 fully saturated rings. The van der Waals surface area contributed by atoms with Crippen LogP contribution in [-0.2, 0) is 6.54 Å². The van der Waals surface area contributed by atoms with Crippen molar-refractivity contribution in [1.29, 1.82) is 0 Å². The molecule has 0 aliphatic heterocycles. The van der Waals surface area contributed by atoms with E-state index < -0.39 is 17.5 Å². The molecule has 1 aromatic carbocycles. The zero-order valence-corrected chi connectivity index (χ0v) is 10.5. The zero-order valence-electron chi connectivity index (χ0n) is 10.5. The lowest BCUT2D eigenvalue weighted by molar-refractivity contribution is 0.447. The van der Waals surface area contributed by atoms with Crippen LogP contribution in [-0.4, -0.2) is 15.0 Å². The topological polar surface area (TPSA) is 56.7 Å². The van der Waals surface area contributed by atoms with Crippen molar-refractivity contribution in [1.82, 2.24) is 15.0 Å². The van der Waals surface area contributed by atoms with Crippen LogP contribution in [0.5, 0.6) is 0 Å². The number of rotatable bonds is 3. The summed E-state index contributed by atoms with van der Waals surface area (Å²) in [7, 11) is 0. The van der Waals surface area contributed by atoms with Crippen molar-refractivity contribution in [3.8, 4) is 11.3 Å². The molecule has 0 radical (unpaired) electrons. The SMILES string of the molecule is CC(C)n1nnc(CN)c1-c1ccc(F)c(F)c1F. The monoisotopic (exact) mass is 270 g/mol. The summed E-state index contributed by atoms with van der Waals surface area (Å²) in [6, 6.07) is 1.91. The predicted octanol–water partition coefficient (Wildman–Crippen LogP) is 2.40. The van der Waals surface area contributed by atoms with Crippen LogP contribution >= 0.6 is 0 Å². The molecule has 2 aromatic rings. The summed E-state index contributed by atoms with van der Waals surface area (Å²) in [6.45, 7) is 3.66. The molecule has 0 spiro atoms. The first-order valence-corrected chi connectivity index (χ1v) is 5.75. The molecule has 0 atom stereocenters. The number of nitrogens with two attached hydrogens (primary N) is 1. The molecule has 0 aliphatic rings. The van der Waals surface area contributed by atoms with Crippen molar-refractivity contribution < 1.29 is 13.2 Å². The number of aromatic nitrogens is 3. The molecule has 0 saturated carbocycles. The highest BCUT2D eigenvalue weighted by Gasteiger charge is 2.22. The quantitative estimate of drug-likeness (QED) is 0.871. The summed E-state index contributed by atoms with van der Waals surface area (Å²) in [4.78, 5) is 0. The predicted molar refractivity (Wildman–Crippen MR) is 63.6 cm³/mol. The van der Waals surface area contributed by atoms with Crippen LogP contribution in [0, 0.1) is 17.5 Å². The van der Waals surface area contributed by atoms with Gasteiger partial charge in [0.1, 0.15) is 5.69 Å². The maximum atomic E-state index is 13.9. The standard InChI is InChI=1S/C12H13F3N4/c1-6(2)19-12(9(5-16)17-18-19)7-3-4-8(13)11(15)10(7)14/h3-4,6H,5,16H2,1-2H3. The number of halogens is 3. The minimum absolute atomic E-state index is 0.0283. The largest absolute Gasteiger partial charge is 0.325 e. The molecule has 0 aliphatic carbocycles. The summed E-state index contributed by atoms with van der Waals surface area (Å²) in [6.07, 6.45) is 0. The van der Waals surface area contributed by atoms with Crippen molar-refractivity contribution >= 4 is 0 Å². The van der Waals surface area contributed by atoms with Gasteiger partial charge < -0.3 is 5.73 Å². The molecular formula is C12H13F3N4. The third-order valence-corrected chi connectivity index (χ3v) is 2.74. The van der Waals surface area contributed by atoms with Crippen molar-refractivity contribution in [3.05, 3.63) is 35.3 Å². The van der Waals surface area contributed by atoms with E-state index in [1.807, 2.05) is 13.8 Å². The lowest BCUT2D eigenvalue weighted by Gasteiger charge is -2.12. The van der Waals surface area contributed by atoms with Crippen LogP contribution in [0.3, 0.4) is 0 Å². The Kier molecular flexibility index (Phi) is 3.57. The maximum Gasteiger partial charge on any atom is 0.195 e. The Labute approximate surface area is 108 Å². The lowest BCUT2D eigenvalue weighted by atomic mass is 10.1. The van der Waals surface area contributed by atoms with Gasteiger partial charge in [-0.25, -0.2) is 17.9 Å². The molecule has 1 heterocycles. The first kappa shape index (κ1) is 13.5. The third kappa shape index (κ3) is 2.21. The average Bonchev–Trinajstić information content (AvgIpc) is 2.80. The van der Waals surface area contributed by atoms with Gasteiger partial charge in [-0.3, -0.25) is 0 Å². The molecule has 0 amide bonds. The van der Waals surface area contributed by atoms with E-state index in [2.05, 4.69) is 10.3 Å². The molecule has 0 bridgehead atoms. The van der Waals surface area contributed by atoms with E-state index in [0.717, 1.165) is 12.1 Å². The van der Waals surface area contributed by atoms with Gasteiger partial charge in [0.05, 0.1) is 5.69 Å². The van der Waals surface area contributed by atoms with E-state index >= 15 is 0 Å². The molecule has 2 N–H and O–H groups in total. The first-order chi connectivity index (χ1) is 8.97. The highest BCUT2D eigenvalue weighted by Crippen LogP contribution is 2.29. The molecule has 1 aromatic heterocycles. The van der Waals surface area contributed by atoms with Crippen LogP contribution in [0.15, 0.2) is 12.1 Å². The van der Waals surface area contributed by atoms with E-state index in [0.29, 0.717) is 5.69 Å². The van der Waals surface area contributed by atoms with E-state index in [1.54, 1.807) is 0 Å². The summed E-state index contributed by atoms with van der Waals surface area (Å²) >= 11 is 0. The van der Waals surface area contributed by atoms with Crippen LogP contribution in [0.4, 0.5) is 13.2 Å². The summed E-state index contributed by atoms with van der Waals surface area (Å²) < 4.78 is 41.6. The smallest absolute Gasteiger partial charge is 0.195 e. The van der Waals surface area contributed by atoms with Gasteiger partial charge in [0.25, 0.3) is 0 Å². The van der Waals surface area contributed by atoms with Crippen LogP contribution < -0.4 is 5.73 Å². The fourth-order valence-electron chi connectivity index (χ4n) is 1.81. The van der Waals surface area contributed by atoms with E-state index in [1.165, 1.54) is 4.68 Å². The Morgan fingerprint density at radius 3 is 2.47 bits per heavy atom. The Balaban J connectivity index is 2.71. The lowest BCUT2D eigenvalue weighted by Crippen LogP contribution is -2.08. The van der Waals surface area contributed by atoms with Gasteiger partial charge in [-0.15, -0.1) is 5.10 Å². The van der Waals surface area contributed by atoms with Gasteiger partial charge in [-0.05, 0) is 26.0 Å². The molecule has 2 rings (SSSR count). The highest BCUT2D eigenvalue weighted by atomic mass is 19.2. The summed E-state index contributed by atoms with van der Waals surface area (Å²) in [5.74, 6) is -4.02. The van der Waals surface area contributed by atoms with Gasteiger partial charge in [0.2, 0.25) is 0 Å². The molecule has 19 heavy (non-hydrogen) atoms. The Morgan fingerprint density at radius 2 is 1.89 bits per heavy atom. The minimum atomic E-state index is -1.52. The Bertz CT molecular complexity index is 607. The van der Waals surface area contributed by atoms with Gasteiger partial charge in [0, 0.05) is 18.2 Å². The summed E-state index contributed by atoms with van der Waals surface area (Å²) in [5.41, 5.74) is 6.02. The molecule has 0 saturated heterocycles. The van der Waals surface area contributed by atoms with E-state index in [4.69, 9.17) is 5.73 Å². The van der Waals surface area contributed by atoms with Crippen LogP contribution in [0.1, 0.15) is 25.6 Å². The van der Waals surface area contributed by atoms with Gasteiger partial charge in [0.15, 0.2) is 17.5 Å². The van der Waals surface area contributed by atoms with Crippen LogP contribution in [0.2, 0.25) is 0 Å². The fraction of sp³-hybridized carbons (Fsp3) is 0.333. The third-order valence-electron chi connectivity index (χ3n) is 2.74. The maximum absolute atomic E-state index is 13.9. The second-order valence-electron chi connectivity index (χ2n) is 4.35. The molecular weight excluding hydrogens is 257 g/mol. The molecule has 102 valence electrons. The molecule has 4 nitrogen and oxygen atoms in total. The minimum Gasteiger partial charge on any atom is -0.325 e. The van der Waals surface area contributed by atoms with Crippen molar-refractivity contribution in [2.75, 3.05) is 0 Å². The number of benzene rings is 1. The second kappa shape index (κ2) is 5.00. The Hall–Kier alpha value is -1.89. The fourth-order valence-corrected chi connectivity index (χ4v) is 1.81.